The first kappa shape index (κ1) is 20.8. The third-order valence-corrected chi connectivity index (χ3v) is 5.80. The second-order valence-corrected chi connectivity index (χ2v) is 7.96. The molecule has 0 fully saturated rings. The zero-order valence-corrected chi connectivity index (χ0v) is 18.5. The van der Waals surface area contributed by atoms with Crippen LogP contribution >= 0.6 is 0 Å². The molecule has 0 spiro atoms. The molecule has 5 rings (SSSR count). The van der Waals surface area contributed by atoms with Gasteiger partial charge in [0, 0.05) is 5.69 Å². The number of carbonyl (C=O) groups is 1. The Labute approximate surface area is 192 Å². The lowest BCUT2D eigenvalue weighted by molar-refractivity contribution is -0.116. The highest BCUT2D eigenvalue weighted by molar-refractivity contribution is 5.92. The molecular formula is C28H25N3O2. The lowest BCUT2D eigenvalue weighted by atomic mass is 10.1. The van der Waals surface area contributed by atoms with Gasteiger partial charge in [0.05, 0.1) is 11.0 Å². The highest BCUT2D eigenvalue weighted by Crippen LogP contribution is 2.23. The van der Waals surface area contributed by atoms with E-state index in [1.54, 1.807) is 0 Å². The highest BCUT2D eigenvalue weighted by atomic mass is 16.5. The number of benzene rings is 4. The molecule has 1 aromatic heterocycles. The number of amides is 1. The molecule has 164 valence electrons. The number of nitrogens with zero attached hydrogens (tertiary/aromatic N) is 2. The van der Waals surface area contributed by atoms with Crippen LogP contribution < -0.4 is 10.1 Å². The number of rotatable bonds is 7. The van der Waals surface area contributed by atoms with Gasteiger partial charge in [0.15, 0.2) is 0 Å². The summed E-state index contributed by atoms with van der Waals surface area (Å²) in [4.78, 5) is 17.7. The van der Waals surface area contributed by atoms with Gasteiger partial charge in [-0.3, -0.25) is 4.79 Å². The zero-order chi connectivity index (χ0) is 22.6. The van der Waals surface area contributed by atoms with Gasteiger partial charge in [-0.15, -0.1) is 0 Å². The molecule has 1 amide bonds. The number of hydrogen-bond acceptors (Lipinski definition) is 3. The standard InChI is InChI=1S/C28H25N3O2/c1-2-20-9-5-6-12-24(20)30-28(32)18-31-26-14-8-7-13-25(26)29-27(31)19-33-23-16-15-21-10-3-4-11-22(21)17-23/h3-17H,2,18-19H2,1H3,(H,30,32). The van der Waals surface area contributed by atoms with Crippen molar-refractivity contribution in [3.05, 3.63) is 102 Å². The number of ether oxygens (including phenoxy) is 1. The second-order valence-electron chi connectivity index (χ2n) is 7.96. The molecule has 4 aromatic carbocycles. The lowest BCUT2D eigenvalue weighted by Crippen LogP contribution is -2.21. The third kappa shape index (κ3) is 4.44. The van der Waals surface area contributed by atoms with Crippen molar-refractivity contribution in [3.8, 4) is 5.75 Å². The van der Waals surface area contributed by atoms with Crippen molar-refractivity contribution < 1.29 is 9.53 Å². The number of aryl methyl sites for hydroxylation is 1. The largest absolute Gasteiger partial charge is 0.486 e. The van der Waals surface area contributed by atoms with Gasteiger partial charge in [0.2, 0.25) is 5.91 Å². The quantitative estimate of drug-likeness (QED) is 0.343. The third-order valence-electron chi connectivity index (χ3n) is 5.80. The normalized spacial score (nSPS) is 11.1. The first-order valence-corrected chi connectivity index (χ1v) is 11.1. The molecule has 0 radical (unpaired) electrons. The summed E-state index contributed by atoms with van der Waals surface area (Å²) in [5.41, 5.74) is 3.72. The van der Waals surface area contributed by atoms with Crippen LogP contribution in [0.4, 0.5) is 5.69 Å². The molecule has 0 aliphatic carbocycles. The number of para-hydroxylation sites is 3. The Kier molecular flexibility index (Phi) is 5.77. The van der Waals surface area contributed by atoms with Gasteiger partial charge in [-0.1, -0.05) is 67.6 Å². The van der Waals surface area contributed by atoms with Gasteiger partial charge < -0.3 is 14.6 Å². The minimum atomic E-state index is -0.0917. The van der Waals surface area contributed by atoms with Crippen LogP contribution in [0.1, 0.15) is 18.3 Å². The van der Waals surface area contributed by atoms with Crippen molar-refractivity contribution in [2.45, 2.75) is 26.5 Å². The Morgan fingerprint density at radius 2 is 1.67 bits per heavy atom. The fraction of sp³-hybridized carbons (Fsp3) is 0.143. The van der Waals surface area contributed by atoms with Crippen LogP contribution in [0.5, 0.6) is 5.75 Å². The summed E-state index contributed by atoms with van der Waals surface area (Å²) in [5.74, 6) is 1.39. The number of hydrogen-bond donors (Lipinski definition) is 1. The van der Waals surface area contributed by atoms with Crippen LogP contribution in [0.3, 0.4) is 0 Å². The molecule has 0 aliphatic rings. The number of aromatic nitrogens is 2. The van der Waals surface area contributed by atoms with E-state index in [-0.39, 0.29) is 19.1 Å². The Morgan fingerprint density at radius 1 is 0.909 bits per heavy atom. The smallest absolute Gasteiger partial charge is 0.244 e. The van der Waals surface area contributed by atoms with Gasteiger partial charge in [-0.25, -0.2) is 4.98 Å². The SMILES string of the molecule is CCc1ccccc1NC(=O)Cn1c(COc2ccc3ccccc3c2)nc2ccccc21. The summed E-state index contributed by atoms with van der Waals surface area (Å²) in [6.45, 7) is 2.51. The monoisotopic (exact) mass is 435 g/mol. The maximum Gasteiger partial charge on any atom is 0.244 e. The number of anilines is 1. The molecule has 0 saturated heterocycles. The number of fused-ring (bicyclic) bond motifs is 2. The molecule has 0 saturated carbocycles. The van der Waals surface area contributed by atoms with Crippen molar-refractivity contribution in [3.63, 3.8) is 0 Å². The first-order chi connectivity index (χ1) is 16.2. The van der Waals surface area contributed by atoms with Crippen molar-refractivity contribution in [2.24, 2.45) is 0 Å². The average molecular weight is 436 g/mol. The van der Waals surface area contributed by atoms with E-state index in [0.717, 1.165) is 39.8 Å². The summed E-state index contributed by atoms with van der Waals surface area (Å²) in [6, 6.07) is 29.9. The summed E-state index contributed by atoms with van der Waals surface area (Å²) >= 11 is 0. The minimum absolute atomic E-state index is 0.0917. The molecule has 0 atom stereocenters. The molecule has 0 bridgehead atoms. The van der Waals surface area contributed by atoms with E-state index in [1.807, 2.05) is 83.4 Å². The van der Waals surface area contributed by atoms with E-state index in [2.05, 4.69) is 24.4 Å². The molecule has 0 unspecified atom stereocenters. The second kappa shape index (κ2) is 9.17. The predicted molar refractivity (Wildman–Crippen MR) is 132 cm³/mol. The molecule has 5 aromatic rings. The molecule has 1 heterocycles. The molecule has 1 N–H and O–H groups in total. The minimum Gasteiger partial charge on any atom is -0.486 e. The van der Waals surface area contributed by atoms with E-state index < -0.39 is 0 Å². The van der Waals surface area contributed by atoms with Crippen LogP contribution in [0.2, 0.25) is 0 Å². The van der Waals surface area contributed by atoms with Gasteiger partial charge >= 0.3 is 0 Å². The summed E-state index contributed by atoms with van der Waals surface area (Å²) in [5, 5.41) is 5.35. The van der Waals surface area contributed by atoms with E-state index in [1.165, 1.54) is 5.39 Å². The molecule has 5 nitrogen and oxygen atoms in total. The number of carbonyl (C=O) groups excluding carboxylic acids is 1. The molecule has 5 heteroatoms. The van der Waals surface area contributed by atoms with Crippen LogP contribution in [-0.2, 0) is 24.4 Å². The summed E-state index contributed by atoms with van der Waals surface area (Å²) in [6.07, 6.45) is 0.856. The van der Waals surface area contributed by atoms with Crippen molar-refractivity contribution >= 4 is 33.4 Å². The van der Waals surface area contributed by atoms with Gasteiger partial charge in [0.1, 0.15) is 24.7 Å². The number of nitrogens with one attached hydrogen (secondary N) is 1. The summed E-state index contributed by atoms with van der Waals surface area (Å²) in [7, 11) is 0. The van der Waals surface area contributed by atoms with E-state index >= 15 is 0 Å². The Morgan fingerprint density at radius 3 is 2.55 bits per heavy atom. The lowest BCUT2D eigenvalue weighted by Gasteiger charge is -2.13. The van der Waals surface area contributed by atoms with Crippen LogP contribution in [0.25, 0.3) is 21.8 Å². The van der Waals surface area contributed by atoms with E-state index in [4.69, 9.17) is 9.72 Å². The summed E-state index contributed by atoms with van der Waals surface area (Å²) < 4.78 is 8.02. The van der Waals surface area contributed by atoms with Crippen molar-refractivity contribution in [1.29, 1.82) is 0 Å². The van der Waals surface area contributed by atoms with Crippen LogP contribution in [0, 0.1) is 0 Å². The number of imidazole rings is 1. The van der Waals surface area contributed by atoms with Crippen LogP contribution in [-0.4, -0.2) is 15.5 Å². The molecular weight excluding hydrogens is 410 g/mol. The fourth-order valence-electron chi connectivity index (χ4n) is 4.10. The van der Waals surface area contributed by atoms with Crippen molar-refractivity contribution in [1.82, 2.24) is 9.55 Å². The van der Waals surface area contributed by atoms with Crippen molar-refractivity contribution in [2.75, 3.05) is 5.32 Å². The fourth-order valence-corrected chi connectivity index (χ4v) is 4.10. The van der Waals surface area contributed by atoms with E-state index in [0.29, 0.717) is 5.82 Å². The Bertz CT molecular complexity index is 1440. The van der Waals surface area contributed by atoms with Gasteiger partial charge in [0.25, 0.3) is 0 Å². The maximum absolute atomic E-state index is 13.0. The molecule has 0 aliphatic heterocycles. The Hall–Kier alpha value is -4.12. The van der Waals surface area contributed by atoms with Crippen LogP contribution in [0.15, 0.2) is 91.0 Å². The maximum atomic E-state index is 13.0. The molecule has 33 heavy (non-hydrogen) atoms. The van der Waals surface area contributed by atoms with Gasteiger partial charge in [-0.2, -0.15) is 0 Å². The zero-order valence-electron chi connectivity index (χ0n) is 18.5. The first-order valence-electron chi connectivity index (χ1n) is 11.1. The highest BCUT2D eigenvalue weighted by Gasteiger charge is 2.15. The van der Waals surface area contributed by atoms with E-state index in [9.17, 15) is 4.79 Å². The topological polar surface area (TPSA) is 56.2 Å². The average Bonchev–Trinajstić information content (AvgIpc) is 3.20. The van der Waals surface area contributed by atoms with Gasteiger partial charge in [-0.05, 0) is 53.1 Å². The Balaban J connectivity index is 1.39. The predicted octanol–water partition coefficient (Wildman–Crippen LogP) is 5.97.